The molecule has 1 rings (SSSR count). The molecule has 0 saturated heterocycles. The Morgan fingerprint density at radius 1 is 1.38 bits per heavy atom. The summed E-state index contributed by atoms with van der Waals surface area (Å²) in [6.07, 6.45) is 0. The Hall–Kier alpha value is -1.82. The molecule has 0 atom stereocenters. The molecule has 6 nitrogen and oxygen atoms in total. The summed E-state index contributed by atoms with van der Waals surface area (Å²) in [6, 6.07) is 0. The van der Waals surface area contributed by atoms with Gasteiger partial charge in [-0.15, -0.1) is 0 Å². The predicted octanol–water partition coefficient (Wildman–Crippen LogP) is 0.690. The second kappa shape index (κ2) is 4.80. The predicted molar refractivity (Wildman–Crippen MR) is 54.4 cm³/mol. The Balaban J connectivity index is 3.22. The minimum atomic E-state index is -1.22. The number of aromatic amines is 1. The molecule has 0 spiro atoms. The Morgan fingerprint density at radius 2 is 2.00 bits per heavy atom. The van der Waals surface area contributed by atoms with Crippen molar-refractivity contribution < 1.29 is 24.5 Å². The number of hydrogen-bond acceptors (Lipinski definition) is 4. The molecule has 0 unspecified atom stereocenters. The molecule has 0 aliphatic rings. The van der Waals surface area contributed by atoms with Crippen LogP contribution >= 0.6 is 0 Å². The lowest BCUT2D eigenvalue weighted by Gasteiger charge is -2.00. The van der Waals surface area contributed by atoms with Crippen molar-refractivity contribution in [3.63, 3.8) is 0 Å². The maximum Gasteiger partial charge on any atom is 0.355 e. The topological polar surface area (TPSA) is 99.6 Å². The third-order valence-electron chi connectivity index (χ3n) is 2.23. The van der Waals surface area contributed by atoms with Crippen LogP contribution in [0.2, 0.25) is 0 Å². The van der Waals surface area contributed by atoms with Crippen molar-refractivity contribution in [3.8, 4) is 0 Å². The zero-order chi connectivity index (χ0) is 12.3. The summed E-state index contributed by atoms with van der Waals surface area (Å²) in [5.41, 5.74) is 0.500. The fourth-order valence-electron chi connectivity index (χ4n) is 1.42. The molecule has 1 heterocycles. The number of carbonyl (C=O) groups excluding carboxylic acids is 1. The molecule has 88 valence electrons. The molecule has 0 radical (unpaired) electrons. The fraction of sp³-hybridized carbons (Fsp3) is 0.400. The number of aliphatic hydroxyl groups is 1. The summed E-state index contributed by atoms with van der Waals surface area (Å²) < 4.78 is 4.76. The van der Waals surface area contributed by atoms with E-state index in [1.165, 1.54) is 0 Å². The Kier molecular flexibility index (Phi) is 3.68. The molecule has 0 saturated carbocycles. The molecular weight excluding hydrogens is 214 g/mol. The average Bonchev–Trinajstić information content (AvgIpc) is 2.55. The normalized spacial score (nSPS) is 10.2. The van der Waals surface area contributed by atoms with Crippen LogP contribution in [0.1, 0.15) is 39.0 Å². The van der Waals surface area contributed by atoms with Gasteiger partial charge in [-0.1, -0.05) is 0 Å². The first-order valence-electron chi connectivity index (χ1n) is 4.75. The SMILES string of the molecule is CCOC(=O)c1[nH]c(C(=O)O)c(CO)c1C. The number of nitrogens with one attached hydrogen (secondary N) is 1. The first-order chi connectivity index (χ1) is 7.52. The van der Waals surface area contributed by atoms with E-state index in [2.05, 4.69) is 4.98 Å². The molecule has 0 bridgehead atoms. The summed E-state index contributed by atoms with van der Waals surface area (Å²) in [7, 11) is 0. The number of carboxylic acid groups (broad SMARTS) is 1. The third kappa shape index (κ3) is 2.06. The highest BCUT2D eigenvalue weighted by Crippen LogP contribution is 2.19. The highest BCUT2D eigenvalue weighted by Gasteiger charge is 2.22. The molecule has 1 aromatic heterocycles. The molecule has 0 aliphatic heterocycles. The largest absolute Gasteiger partial charge is 0.477 e. The number of carboxylic acids is 1. The average molecular weight is 227 g/mol. The molecule has 0 aromatic carbocycles. The summed E-state index contributed by atoms with van der Waals surface area (Å²) >= 11 is 0. The lowest BCUT2D eigenvalue weighted by molar-refractivity contribution is 0.0519. The number of rotatable bonds is 4. The van der Waals surface area contributed by atoms with Gasteiger partial charge < -0.3 is 19.9 Å². The maximum atomic E-state index is 11.4. The van der Waals surface area contributed by atoms with Gasteiger partial charge >= 0.3 is 11.9 Å². The van der Waals surface area contributed by atoms with Gasteiger partial charge in [0.05, 0.1) is 13.2 Å². The van der Waals surface area contributed by atoms with Crippen molar-refractivity contribution in [3.05, 3.63) is 22.5 Å². The molecule has 0 fully saturated rings. The molecular formula is C10H13NO5. The van der Waals surface area contributed by atoms with Crippen LogP contribution in [0.25, 0.3) is 0 Å². The van der Waals surface area contributed by atoms with E-state index in [-0.39, 0.29) is 23.6 Å². The van der Waals surface area contributed by atoms with Gasteiger partial charge in [-0.2, -0.15) is 0 Å². The van der Waals surface area contributed by atoms with Crippen LogP contribution in [-0.2, 0) is 11.3 Å². The molecule has 0 aliphatic carbocycles. The molecule has 0 amide bonds. The van der Waals surface area contributed by atoms with E-state index in [1.54, 1.807) is 13.8 Å². The number of carbonyl (C=O) groups is 2. The van der Waals surface area contributed by atoms with Crippen molar-refractivity contribution in [1.29, 1.82) is 0 Å². The zero-order valence-corrected chi connectivity index (χ0v) is 9.03. The van der Waals surface area contributed by atoms with Gasteiger partial charge in [0, 0.05) is 5.56 Å². The number of H-pyrrole nitrogens is 1. The Bertz CT molecular complexity index is 421. The van der Waals surface area contributed by atoms with Crippen LogP contribution in [0.4, 0.5) is 0 Å². The second-order valence-corrected chi connectivity index (χ2v) is 3.16. The van der Waals surface area contributed by atoms with Gasteiger partial charge in [-0.05, 0) is 19.4 Å². The van der Waals surface area contributed by atoms with Gasteiger partial charge in [-0.25, -0.2) is 9.59 Å². The van der Waals surface area contributed by atoms with Gasteiger partial charge in [-0.3, -0.25) is 0 Å². The van der Waals surface area contributed by atoms with Crippen LogP contribution in [0.5, 0.6) is 0 Å². The highest BCUT2D eigenvalue weighted by molar-refractivity contribution is 5.95. The summed E-state index contributed by atoms with van der Waals surface area (Å²) in [6.45, 7) is 2.97. The fourth-order valence-corrected chi connectivity index (χ4v) is 1.42. The standard InChI is InChI=1S/C10H13NO5/c1-3-16-10(15)7-5(2)6(4-12)8(11-7)9(13)14/h11-12H,3-4H2,1-2H3,(H,13,14). The highest BCUT2D eigenvalue weighted by atomic mass is 16.5. The summed E-state index contributed by atoms with van der Waals surface area (Å²) in [5.74, 6) is -1.84. The van der Waals surface area contributed by atoms with Gasteiger partial charge in [0.25, 0.3) is 0 Å². The van der Waals surface area contributed by atoms with E-state index >= 15 is 0 Å². The van der Waals surface area contributed by atoms with Gasteiger partial charge in [0.15, 0.2) is 0 Å². The van der Waals surface area contributed by atoms with Crippen LogP contribution < -0.4 is 0 Å². The van der Waals surface area contributed by atoms with Crippen molar-refractivity contribution in [2.45, 2.75) is 20.5 Å². The van der Waals surface area contributed by atoms with Crippen LogP contribution in [0.3, 0.4) is 0 Å². The number of ether oxygens (including phenoxy) is 1. The van der Waals surface area contributed by atoms with Crippen LogP contribution in [0.15, 0.2) is 0 Å². The van der Waals surface area contributed by atoms with Crippen molar-refractivity contribution in [2.24, 2.45) is 0 Å². The van der Waals surface area contributed by atoms with E-state index in [0.29, 0.717) is 5.56 Å². The molecule has 6 heteroatoms. The van der Waals surface area contributed by atoms with Gasteiger partial charge in [0.1, 0.15) is 11.4 Å². The Labute approximate surface area is 91.9 Å². The van der Waals surface area contributed by atoms with Crippen molar-refractivity contribution in [2.75, 3.05) is 6.61 Å². The minimum absolute atomic E-state index is 0.0725. The maximum absolute atomic E-state index is 11.4. The van der Waals surface area contributed by atoms with E-state index in [0.717, 1.165) is 0 Å². The summed E-state index contributed by atoms with van der Waals surface area (Å²) in [4.78, 5) is 24.7. The van der Waals surface area contributed by atoms with E-state index in [1.807, 2.05) is 0 Å². The van der Waals surface area contributed by atoms with E-state index in [9.17, 15) is 9.59 Å². The van der Waals surface area contributed by atoms with Crippen molar-refractivity contribution >= 4 is 11.9 Å². The van der Waals surface area contributed by atoms with Gasteiger partial charge in [0.2, 0.25) is 0 Å². The third-order valence-corrected chi connectivity index (χ3v) is 2.23. The smallest absolute Gasteiger partial charge is 0.355 e. The first kappa shape index (κ1) is 12.3. The lowest BCUT2D eigenvalue weighted by Crippen LogP contribution is -2.07. The van der Waals surface area contributed by atoms with Crippen LogP contribution in [0, 0.1) is 6.92 Å². The van der Waals surface area contributed by atoms with E-state index < -0.39 is 18.5 Å². The lowest BCUT2D eigenvalue weighted by atomic mass is 10.1. The van der Waals surface area contributed by atoms with E-state index in [4.69, 9.17) is 14.9 Å². The molecule has 3 N–H and O–H groups in total. The molecule has 1 aromatic rings. The number of hydrogen-bond donors (Lipinski definition) is 3. The molecule has 16 heavy (non-hydrogen) atoms. The number of aliphatic hydroxyl groups excluding tert-OH is 1. The number of aromatic nitrogens is 1. The quantitative estimate of drug-likeness (QED) is 0.657. The van der Waals surface area contributed by atoms with Crippen LogP contribution in [-0.4, -0.2) is 33.7 Å². The van der Waals surface area contributed by atoms with Crippen molar-refractivity contribution in [1.82, 2.24) is 4.98 Å². The Morgan fingerprint density at radius 3 is 2.38 bits per heavy atom. The number of esters is 1. The summed E-state index contributed by atoms with van der Waals surface area (Å²) in [5, 5.41) is 17.9. The monoisotopic (exact) mass is 227 g/mol. The minimum Gasteiger partial charge on any atom is -0.477 e. The number of aromatic carboxylic acids is 1. The zero-order valence-electron chi connectivity index (χ0n) is 9.03. The second-order valence-electron chi connectivity index (χ2n) is 3.16. The first-order valence-corrected chi connectivity index (χ1v) is 4.75.